The van der Waals surface area contributed by atoms with Gasteiger partial charge in [-0.2, -0.15) is 0 Å². The first-order valence-electron chi connectivity index (χ1n) is 7.19. The fourth-order valence-electron chi connectivity index (χ4n) is 2.69. The van der Waals surface area contributed by atoms with E-state index in [4.69, 9.17) is 5.73 Å². The lowest BCUT2D eigenvalue weighted by Gasteiger charge is -2.25. The first kappa shape index (κ1) is 14.0. The number of nitrogens with two attached hydrogens (primary N) is 1. The van der Waals surface area contributed by atoms with Crippen LogP contribution in [0.4, 0.5) is 0 Å². The van der Waals surface area contributed by atoms with Gasteiger partial charge in [0.15, 0.2) is 0 Å². The van der Waals surface area contributed by atoms with Crippen molar-refractivity contribution < 1.29 is 4.79 Å². The van der Waals surface area contributed by atoms with Crippen molar-refractivity contribution >= 4 is 5.91 Å². The Balaban J connectivity index is 2.00. The molecule has 1 aliphatic carbocycles. The minimum absolute atomic E-state index is 0.231. The number of carbonyl (C=O) groups excluding carboxylic acids is 1. The molecule has 1 amide bonds. The van der Waals surface area contributed by atoms with Crippen LogP contribution in [-0.2, 0) is 11.3 Å². The van der Waals surface area contributed by atoms with Crippen LogP contribution in [0.1, 0.15) is 37.7 Å². The molecule has 1 aromatic rings. The van der Waals surface area contributed by atoms with E-state index < -0.39 is 0 Å². The third-order valence-electron chi connectivity index (χ3n) is 3.74. The Morgan fingerprint density at radius 2 is 2.21 bits per heavy atom. The lowest BCUT2D eigenvalue weighted by Crippen LogP contribution is -2.36. The summed E-state index contributed by atoms with van der Waals surface area (Å²) in [5.74, 6) is 0.532. The summed E-state index contributed by atoms with van der Waals surface area (Å²) in [5.41, 5.74) is 6.66. The average molecular weight is 261 g/mol. The van der Waals surface area contributed by atoms with Crippen molar-refractivity contribution in [2.45, 2.75) is 38.6 Å². The number of amides is 1. The minimum Gasteiger partial charge on any atom is -0.338 e. The quantitative estimate of drug-likeness (QED) is 0.851. The molecule has 0 aromatic carbocycles. The second kappa shape index (κ2) is 7.24. The van der Waals surface area contributed by atoms with Crippen molar-refractivity contribution in [3.63, 3.8) is 0 Å². The molecule has 0 aliphatic heterocycles. The van der Waals surface area contributed by atoms with E-state index in [1.807, 2.05) is 23.2 Å². The monoisotopic (exact) mass is 261 g/mol. The van der Waals surface area contributed by atoms with Crippen molar-refractivity contribution in [3.8, 4) is 0 Å². The van der Waals surface area contributed by atoms with Gasteiger partial charge < -0.3 is 10.6 Å². The van der Waals surface area contributed by atoms with E-state index in [1.54, 1.807) is 6.20 Å². The van der Waals surface area contributed by atoms with Gasteiger partial charge in [-0.3, -0.25) is 9.78 Å². The van der Waals surface area contributed by atoms with Crippen LogP contribution < -0.4 is 5.73 Å². The molecule has 0 radical (unpaired) electrons. The van der Waals surface area contributed by atoms with Gasteiger partial charge >= 0.3 is 0 Å². The number of aromatic nitrogens is 1. The van der Waals surface area contributed by atoms with Crippen molar-refractivity contribution in [3.05, 3.63) is 30.1 Å². The van der Waals surface area contributed by atoms with Crippen LogP contribution in [0.15, 0.2) is 24.5 Å². The number of pyridine rings is 1. The summed E-state index contributed by atoms with van der Waals surface area (Å²) in [6.07, 6.45) is 8.92. The Bertz CT molecular complexity index is 388. The van der Waals surface area contributed by atoms with E-state index >= 15 is 0 Å². The number of rotatable bonds is 6. The van der Waals surface area contributed by atoms with Crippen LogP contribution in [0.3, 0.4) is 0 Å². The number of hydrogen-bond acceptors (Lipinski definition) is 3. The van der Waals surface area contributed by atoms with Crippen LogP contribution in [0.25, 0.3) is 0 Å². The van der Waals surface area contributed by atoms with Crippen molar-refractivity contribution in [2.24, 2.45) is 11.7 Å². The zero-order valence-corrected chi connectivity index (χ0v) is 11.4. The molecule has 2 N–H and O–H groups in total. The molecule has 1 saturated carbocycles. The van der Waals surface area contributed by atoms with Crippen molar-refractivity contribution in [1.82, 2.24) is 9.88 Å². The number of carbonyl (C=O) groups is 1. The largest absolute Gasteiger partial charge is 0.338 e. The molecular formula is C15H23N3O. The fraction of sp³-hybridized carbons (Fsp3) is 0.600. The zero-order valence-electron chi connectivity index (χ0n) is 11.4. The Kier molecular flexibility index (Phi) is 5.33. The molecule has 4 heteroatoms. The highest BCUT2D eigenvalue weighted by atomic mass is 16.2. The van der Waals surface area contributed by atoms with Crippen LogP contribution in [-0.4, -0.2) is 28.9 Å². The first-order valence-corrected chi connectivity index (χ1v) is 7.19. The second-order valence-electron chi connectivity index (χ2n) is 5.24. The highest BCUT2D eigenvalue weighted by Gasteiger charge is 2.26. The Labute approximate surface area is 115 Å². The molecule has 1 fully saturated rings. The lowest BCUT2D eigenvalue weighted by atomic mass is 10.1. The third kappa shape index (κ3) is 4.03. The zero-order chi connectivity index (χ0) is 13.5. The summed E-state index contributed by atoms with van der Waals surface area (Å²) in [7, 11) is 0. The van der Waals surface area contributed by atoms with Gasteiger partial charge in [-0.25, -0.2) is 0 Å². The Morgan fingerprint density at radius 1 is 1.42 bits per heavy atom. The molecule has 19 heavy (non-hydrogen) atoms. The van der Waals surface area contributed by atoms with Crippen LogP contribution >= 0.6 is 0 Å². The maximum Gasteiger partial charge on any atom is 0.225 e. The van der Waals surface area contributed by atoms with E-state index in [2.05, 4.69) is 4.98 Å². The summed E-state index contributed by atoms with van der Waals surface area (Å²) in [6, 6.07) is 3.93. The second-order valence-corrected chi connectivity index (χ2v) is 5.24. The normalized spacial score (nSPS) is 15.6. The van der Waals surface area contributed by atoms with Crippen LogP contribution in [0.5, 0.6) is 0 Å². The van der Waals surface area contributed by atoms with Gasteiger partial charge in [0.05, 0.1) is 0 Å². The molecule has 0 spiro atoms. The summed E-state index contributed by atoms with van der Waals surface area (Å²) in [6.45, 7) is 2.03. The molecule has 0 saturated heterocycles. The molecular weight excluding hydrogens is 238 g/mol. The van der Waals surface area contributed by atoms with E-state index in [9.17, 15) is 4.79 Å². The first-order chi connectivity index (χ1) is 9.31. The highest BCUT2D eigenvalue weighted by molar-refractivity contribution is 5.79. The molecule has 1 aliphatic rings. The molecule has 0 unspecified atom stereocenters. The molecule has 1 heterocycles. The summed E-state index contributed by atoms with van der Waals surface area (Å²) < 4.78 is 0. The topological polar surface area (TPSA) is 59.2 Å². The maximum atomic E-state index is 12.5. The van der Waals surface area contributed by atoms with Gasteiger partial charge in [-0.15, -0.1) is 0 Å². The maximum absolute atomic E-state index is 12.5. The van der Waals surface area contributed by atoms with E-state index in [0.29, 0.717) is 19.0 Å². The van der Waals surface area contributed by atoms with Gasteiger partial charge in [0.1, 0.15) is 0 Å². The predicted octanol–water partition coefficient (Wildman–Crippen LogP) is 1.95. The smallest absolute Gasteiger partial charge is 0.225 e. The van der Waals surface area contributed by atoms with E-state index in [-0.39, 0.29) is 5.92 Å². The number of nitrogens with zero attached hydrogens (tertiary/aromatic N) is 2. The molecule has 0 bridgehead atoms. The summed E-state index contributed by atoms with van der Waals surface area (Å²) in [4.78, 5) is 18.6. The van der Waals surface area contributed by atoms with E-state index in [1.165, 1.54) is 12.8 Å². The SMILES string of the molecule is NCCCN(Cc1cccnc1)C(=O)C1CCCC1. The van der Waals surface area contributed by atoms with Crippen LogP contribution in [0, 0.1) is 5.92 Å². The fourth-order valence-corrected chi connectivity index (χ4v) is 2.69. The predicted molar refractivity (Wildman–Crippen MR) is 75.3 cm³/mol. The molecule has 2 rings (SSSR count). The minimum atomic E-state index is 0.231. The van der Waals surface area contributed by atoms with Gasteiger partial charge in [-0.05, 0) is 37.4 Å². The Hall–Kier alpha value is -1.42. The van der Waals surface area contributed by atoms with Crippen molar-refractivity contribution in [2.75, 3.05) is 13.1 Å². The van der Waals surface area contributed by atoms with Crippen LogP contribution in [0.2, 0.25) is 0 Å². The van der Waals surface area contributed by atoms with Gasteiger partial charge in [0.2, 0.25) is 5.91 Å². The molecule has 0 atom stereocenters. The molecule has 4 nitrogen and oxygen atoms in total. The van der Waals surface area contributed by atoms with Crippen molar-refractivity contribution in [1.29, 1.82) is 0 Å². The Morgan fingerprint density at radius 3 is 2.84 bits per heavy atom. The highest BCUT2D eigenvalue weighted by Crippen LogP contribution is 2.27. The standard InChI is InChI=1S/C15H23N3O/c16-8-4-10-18(12-13-5-3-9-17-11-13)15(19)14-6-1-2-7-14/h3,5,9,11,14H,1-2,4,6-8,10,12,16H2. The molecule has 104 valence electrons. The van der Waals surface area contributed by atoms with Gasteiger partial charge in [0.25, 0.3) is 0 Å². The lowest BCUT2D eigenvalue weighted by molar-refractivity contribution is -0.136. The van der Waals surface area contributed by atoms with Gasteiger partial charge in [-0.1, -0.05) is 18.9 Å². The molecule has 1 aromatic heterocycles. The number of hydrogen-bond donors (Lipinski definition) is 1. The summed E-state index contributed by atoms with van der Waals surface area (Å²) >= 11 is 0. The third-order valence-corrected chi connectivity index (χ3v) is 3.74. The van der Waals surface area contributed by atoms with Gasteiger partial charge in [0, 0.05) is 31.4 Å². The summed E-state index contributed by atoms with van der Waals surface area (Å²) in [5, 5.41) is 0. The average Bonchev–Trinajstić information content (AvgIpc) is 2.98. The van der Waals surface area contributed by atoms with E-state index in [0.717, 1.165) is 31.4 Å².